The van der Waals surface area contributed by atoms with E-state index in [1.165, 1.54) is 0 Å². The van der Waals surface area contributed by atoms with Crippen molar-refractivity contribution < 1.29 is 0 Å². The summed E-state index contributed by atoms with van der Waals surface area (Å²) in [4.78, 5) is 0. The lowest BCUT2D eigenvalue weighted by atomic mass is 10.3. The second-order valence-electron chi connectivity index (χ2n) is 1.94. The zero-order valence-electron chi connectivity index (χ0n) is 5.78. The summed E-state index contributed by atoms with van der Waals surface area (Å²) in [6, 6.07) is 0. The van der Waals surface area contributed by atoms with Gasteiger partial charge in [-0.15, -0.1) is 0 Å². The first kappa shape index (κ1) is 7.34. The van der Waals surface area contributed by atoms with Crippen LogP contribution in [0, 0.1) is 0 Å². The fourth-order valence-electron chi connectivity index (χ4n) is 0.367. The molecular formula is C6H14N2. The van der Waals surface area contributed by atoms with Crippen LogP contribution in [0.5, 0.6) is 0 Å². The van der Waals surface area contributed by atoms with E-state index in [1.807, 2.05) is 20.8 Å². The van der Waals surface area contributed by atoms with Crippen molar-refractivity contribution in [3.63, 3.8) is 0 Å². The molecule has 0 rings (SSSR count). The second kappa shape index (κ2) is 3.36. The zero-order valence-corrected chi connectivity index (χ0v) is 5.78. The third kappa shape index (κ3) is 2.50. The molecule has 0 fully saturated rings. The highest BCUT2D eigenvalue weighted by Crippen LogP contribution is 1.89. The number of nitrogens with two attached hydrogens (primary N) is 1. The van der Waals surface area contributed by atoms with Crippen LogP contribution in [-0.4, -0.2) is 6.54 Å². The average molecular weight is 114 g/mol. The molecule has 0 spiro atoms. The Morgan fingerprint density at radius 1 is 1.50 bits per heavy atom. The van der Waals surface area contributed by atoms with Gasteiger partial charge < -0.3 is 11.1 Å². The van der Waals surface area contributed by atoms with Gasteiger partial charge in [-0.2, -0.15) is 0 Å². The van der Waals surface area contributed by atoms with Gasteiger partial charge in [0.1, 0.15) is 0 Å². The smallest absolute Gasteiger partial charge is 0.0945 e. The van der Waals surface area contributed by atoms with Crippen LogP contribution in [0.25, 0.3) is 0 Å². The van der Waals surface area contributed by atoms with E-state index in [1.54, 1.807) is 0 Å². The van der Waals surface area contributed by atoms with Crippen LogP contribution in [-0.2, 0) is 0 Å². The molecule has 0 atom stereocenters. The topological polar surface area (TPSA) is 38.0 Å². The van der Waals surface area contributed by atoms with Crippen LogP contribution in [0.4, 0.5) is 0 Å². The number of hydrogen-bond donors (Lipinski definition) is 2. The maximum Gasteiger partial charge on any atom is 0.0945 e. The normalized spacial score (nSPS) is 8.38. The minimum Gasteiger partial charge on any atom is -0.386 e. The van der Waals surface area contributed by atoms with Crippen molar-refractivity contribution in [2.45, 2.75) is 20.8 Å². The van der Waals surface area contributed by atoms with Crippen LogP contribution in [0.3, 0.4) is 0 Å². The summed E-state index contributed by atoms with van der Waals surface area (Å²) in [5, 5.41) is 3.00. The first-order valence-corrected chi connectivity index (χ1v) is 2.85. The molecule has 48 valence electrons. The minimum absolute atomic E-state index is 0.799. The molecule has 0 bridgehead atoms. The third-order valence-corrected chi connectivity index (χ3v) is 0.906. The van der Waals surface area contributed by atoms with Gasteiger partial charge in [-0.1, -0.05) is 0 Å². The van der Waals surface area contributed by atoms with E-state index in [0.29, 0.717) is 0 Å². The minimum atomic E-state index is 0.799. The third-order valence-electron chi connectivity index (χ3n) is 0.906. The van der Waals surface area contributed by atoms with Crippen LogP contribution in [0.1, 0.15) is 20.8 Å². The Morgan fingerprint density at radius 2 is 2.00 bits per heavy atom. The van der Waals surface area contributed by atoms with Gasteiger partial charge in [-0.25, -0.2) is 0 Å². The summed E-state index contributed by atoms with van der Waals surface area (Å²) in [5.74, 6) is 0.799. The first-order valence-electron chi connectivity index (χ1n) is 2.85. The van der Waals surface area contributed by atoms with E-state index in [4.69, 9.17) is 5.73 Å². The lowest BCUT2D eigenvalue weighted by Crippen LogP contribution is -2.20. The number of hydrogen-bond acceptors (Lipinski definition) is 2. The molecule has 0 aromatic carbocycles. The Bertz CT molecular complexity index is 90.7. The van der Waals surface area contributed by atoms with Crippen LogP contribution in [0.2, 0.25) is 0 Å². The molecule has 2 nitrogen and oxygen atoms in total. The van der Waals surface area contributed by atoms with Crippen molar-refractivity contribution >= 4 is 0 Å². The molecule has 0 aromatic heterocycles. The quantitative estimate of drug-likeness (QED) is 0.557. The van der Waals surface area contributed by atoms with Gasteiger partial charge in [-0.3, -0.25) is 0 Å². The van der Waals surface area contributed by atoms with Crippen LogP contribution >= 0.6 is 0 Å². The summed E-state index contributed by atoms with van der Waals surface area (Å²) in [6.45, 7) is 6.89. The standard InChI is InChI=1S/C6H14N2/c1-4-8-6(7)5(2)3/h8H,4,7H2,1-3H3. The molecule has 0 aliphatic carbocycles. The fraction of sp³-hybridized carbons (Fsp3) is 0.667. The largest absolute Gasteiger partial charge is 0.386 e. The van der Waals surface area contributed by atoms with E-state index in [-0.39, 0.29) is 0 Å². The molecule has 0 unspecified atom stereocenters. The van der Waals surface area contributed by atoms with Gasteiger partial charge in [0.25, 0.3) is 0 Å². The summed E-state index contributed by atoms with van der Waals surface area (Å²) < 4.78 is 0. The Hall–Kier alpha value is -0.660. The van der Waals surface area contributed by atoms with E-state index >= 15 is 0 Å². The molecule has 0 heterocycles. The predicted octanol–water partition coefficient (Wildman–Crippen LogP) is 0.806. The molecule has 8 heavy (non-hydrogen) atoms. The van der Waals surface area contributed by atoms with E-state index in [9.17, 15) is 0 Å². The number of nitrogens with one attached hydrogen (secondary N) is 1. The lowest BCUT2D eigenvalue weighted by Gasteiger charge is -2.02. The van der Waals surface area contributed by atoms with Gasteiger partial charge in [0.05, 0.1) is 5.82 Å². The summed E-state index contributed by atoms with van der Waals surface area (Å²) in [6.07, 6.45) is 0. The Morgan fingerprint density at radius 3 is 2.12 bits per heavy atom. The van der Waals surface area contributed by atoms with Crippen molar-refractivity contribution in [2.75, 3.05) is 6.54 Å². The molecule has 0 aliphatic rings. The summed E-state index contributed by atoms with van der Waals surface area (Å²) in [7, 11) is 0. The molecule has 0 saturated carbocycles. The van der Waals surface area contributed by atoms with Gasteiger partial charge in [0.15, 0.2) is 0 Å². The second-order valence-corrected chi connectivity index (χ2v) is 1.94. The van der Waals surface area contributed by atoms with Crippen molar-refractivity contribution in [2.24, 2.45) is 5.73 Å². The Labute approximate surface area is 50.8 Å². The number of rotatable bonds is 2. The van der Waals surface area contributed by atoms with E-state index in [2.05, 4.69) is 5.32 Å². The molecule has 2 heteroatoms. The molecular weight excluding hydrogens is 100 g/mol. The Balaban J connectivity index is 3.62. The molecule has 0 radical (unpaired) electrons. The van der Waals surface area contributed by atoms with Gasteiger partial charge in [-0.05, 0) is 26.3 Å². The highest BCUT2D eigenvalue weighted by molar-refractivity contribution is 5.02. The highest BCUT2D eigenvalue weighted by Gasteiger charge is 1.85. The highest BCUT2D eigenvalue weighted by atomic mass is 15.0. The SMILES string of the molecule is CCNC(N)=C(C)C. The van der Waals surface area contributed by atoms with E-state index in [0.717, 1.165) is 17.9 Å². The maximum absolute atomic E-state index is 5.50. The van der Waals surface area contributed by atoms with Crippen LogP contribution in [0.15, 0.2) is 11.4 Å². The van der Waals surface area contributed by atoms with Crippen molar-refractivity contribution in [1.82, 2.24) is 5.32 Å². The fourth-order valence-corrected chi connectivity index (χ4v) is 0.367. The van der Waals surface area contributed by atoms with Crippen molar-refractivity contribution in [3.8, 4) is 0 Å². The van der Waals surface area contributed by atoms with Gasteiger partial charge in [0.2, 0.25) is 0 Å². The summed E-state index contributed by atoms with van der Waals surface area (Å²) >= 11 is 0. The monoisotopic (exact) mass is 114 g/mol. The molecule has 0 aliphatic heterocycles. The molecule has 0 amide bonds. The van der Waals surface area contributed by atoms with Crippen LogP contribution < -0.4 is 11.1 Å². The number of allylic oxidation sites excluding steroid dienone is 1. The first-order chi connectivity index (χ1) is 3.68. The van der Waals surface area contributed by atoms with Gasteiger partial charge >= 0.3 is 0 Å². The lowest BCUT2D eigenvalue weighted by molar-refractivity contribution is 0.823. The summed E-state index contributed by atoms with van der Waals surface area (Å²) in [5.41, 5.74) is 6.64. The van der Waals surface area contributed by atoms with Crippen molar-refractivity contribution in [3.05, 3.63) is 11.4 Å². The zero-order chi connectivity index (χ0) is 6.57. The molecule has 0 saturated heterocycles. The molecule has 3 N–H and O–H groups in total. The predicted molar refractivity (Wildman–Crippen MR) is 36.2 cm³/mol. The van der Waals surface area contributed by atoms with Gasteiger partial charge in [0, 0.05) is 6.54 Å². The van der Waals surface area contributed by atoms with Crippen molar-refractivity contribution in [1.29, 1.82) is 0 Å². The maximum atomic E-state index is 5.50. The van der Waals surface area contributed by atoms with E-state index < -0.39 is 0 Å². The average Bonchev–Trinajstić information content (AvgIpc) is 1.67. The Kier molecular flexibility index (Phi) is 3.08. The molecule has 0 aromatic rings.